The van der Waals surface area contributed by atoms with Gasteiger partial charge in [0.2, 0.25) is 5.76 Å². The lowest BCUT2D eigenvalue weighted by Gasteiger charge is -2.07. The summed E-state index contributed by atoms with van der Waals surface area (Å²) >= 11 is 0. The molecule has 4 rings (SSSR count). The monoisotopic (exact) mass is 382 g/mol. The Morgan fingerprint density at radius 2 is 2.07 bits per heavy atom. The van der Waals surface area contributed by atoms with Crippen molar-refractivity contribution in [2.45, 2.75) is 6.42 Å². The van der Waals surface area contributed by atoms with Crippen LogP contribution in [-0.2, 0) is 6.42 Å². The number of nitrogens with one attached hydrogen (secondary N) is 2. The van der Waals surface area contributed by atoms with Gasteiger partial charge in [0.25, 0.3) is 0 Å². The van der Waals surface area contributed by atoms with Gasteiger partial charge in [0.05, 0.1) is 0 Å². The quantitative estimate of drug-likeness (QED) is 0.402. The average Bonchev–Trinajstić information content (AvgIpc) is 3.28. The Hall–Kier alpha value is -3.32. The molecule has 0 spiro atoms. The fourth-order valence-corrected chi connectivity index (χ4v) is 3.16. The topological polar surface area (TPSA) is 87.5 Å². The number of hydrogen-bond acceptors (Lipinski definition) is 4. The van der Waals surface area contributed by atoms with E-state index in [4.69, 9.17) is 14.3 Å². The third-order valence-electron chi connectivity index (χ3n) is 4.55. The molecule has 0 bridgehead atoms. The lowest BCUT2D eigenvalue weighted by molar-refractivity contribution is 0.0665. The minimum atomic E-state index is -1.10. The van der Waals surface area contributed by atoms with Crippen LogP contribution in [0.1, 0.15) is 16.1 Å². The van der Waals surface area contributed by atoms with E-state index in [9.17, 15) is 9.18 Å². The predicted octanol–water partition coefficient (Wildman–Crippen LogP) is 3.96. The highest BCUT2D eigenvalue weighted by Crippen LogP contribution is 2.24. The van der Waals surface area contributed by atoms with Crippen molar-refractivity contribution in [3.8, 4) is 5.75 Å². The number of benzene rings is 2. The second kappa shape index (κ2) is 7.74. The summed E-state index contributed by atoms with van der Waals surface area (Å²) in [5, 5.41) is 13.9. The number of carbonyl (C=O) groups is 1. The molecule has 0 amide bonds. The summed E-state index contributed by atoms with van der Waals surface area (Å²) < 4.78 is 24.3. The van der Waals surface area contributed by atoms with Crippen molar-refractivity contribution in [3.05, 3.63) is 65.8 Å². The van der Waals surface area contributed by atoms with Crippen molar-refractivity contribution >= 4 is 27.8 Å². The molecule has 6 nitrogen and oxygen atoms in total. The van der Waals surface area contributed by atoms with Crippen LogP contribution in [0.4, 0.5) is 4.39 Å². The van der Waals surface area contributed by atoms with Crippen LogP contribution in [0, 0.1) is 5.82 Å². The van der Waals surface area contributed by atoms with Crippen molar-refractivity contribution in [1.29, 1.82) is 0 Å². The summed E-state index contributed by atoms with van der Waals surface area (Å²) in [7, 11) is 0. The van der Waals surface area contributed by atoms with Gasteiger partial charge in [0.15, 0.2) is 0 Å². The number of furan rings is 1. The summed E-state index contributed by atoms with van der Waals surface area (Å²) in [6.45, 7) is 1.87. The van der Waals surface area contributed by atoms with E-state index in [1.165, 1.54) is 12.1 Å². The summed E-state index contributed by atoms with van der Waals surface area (Å²) in [5.74, 6) is -0.772. The van der Waals surface area contributed by atoms with Gasteiger partial charge < -0.3 is 24.6 Å². The van der Waals surface area contributed by atoms with Crippen LogP contribution in [0.3, 0.4) is 0 Å². The van der Waals surface area contributed by atoms with Gasteiger partial charge in [0, 0.05) is 29.0 Å². The first-order valence-electron chi connectivity index (χ1n) is 8.96. The first-order chi connectivity index (χ1) is 13.6. The Kier molecular flexibility index (Phi) is 4.99. The molecular formula is C21H19FN2O4. The van der Waals surface area contributed by atoms with Crippen LogP contribution in [0.15, 0.2) is 53.1 Å². The molecule has 2 aromatic heterocycles. The van der Waals surface area contributed by atoms with Gasteiger partial charge in [-0.3, -0.25) is 0 Å². The lowest BCUT2D eigenvalue weighted by atomic mass is 10.1. The second-order valence-corrected chi connectivity index (χ2v) is 6.47. The molecule has 4 aromatic rings. The van der Waals surface area contributed by atoms with Crippen molar-refractivity contribution in [2.24, 2.45) is 0 Å². The number of H-pyrrole nitrogens is 1. The lowest BCUT2D eigenvalue weighted by Crippen LogP contribution is -2.23. The van der Waals surface area contributed by atoms with E-state index in [2.05, 4.69) is 10.3 Å². The molecular weight excluding hydrogens is 363 g/mol. The Bertz CT molecular complexity index is 1130. The van der Waals surface area contributed by atoms with Gasteiger partial charge in [-0.25, -0.2) is 9.18 Å². The smallest absolute Gasteiger partial charge is 0.371 e. The highest BCUT2D eigenvalue weighted by atomic mass is 19.1. The first kappa shape index (κ1) is 18.1. The SMILES string of the molecule is O=C(O)c1cc2cc(OCCNCCc3c[nH]c4ccc(F)cc34)ccc2o1. The van der Waals surface area contributed by atoms with Crippen LogP contribution < -0.4 is 10.1 Å². The number of aromatic carboxylic acids is 1. The van der Waals surface area contributed by atoms with Crippen molar-refractivity contribution < 1.29 is 23.4 Å². The fourth-order valence-electron chi connectivity index (χ4n) is 3.16. The molecule has 2 aromatic carbocycles. The van der Waals surface area contributed by atoms with E-state index >= 15 is 0 Å². The molecule has 0 aliphatic heterocycles. The van der Waals surface area contributed by atoms with Gasteiger partial charge >= 0.3 is 5.97 Å². The number of rotatable bonds is 8. The Labute approximate surface area is 159 Å². The minimum Gasteiger partial charge on any atom is -0.492 e. The van der Waals surface area contributed by atoms with E-state index in [1.807, 2.05) is 6.20 Å². The van der Waals surface area contributed by atoms with Gasteiger partial charge in [-0.2, -0.15) is 0 Å². The highest BCUT2D eigenvalue weighted by Gasteiger charge is 2.11. The fraction of sp³-hybridized carbons (Fsp3) is 0.190. The summed E-state index contributed by atoms with van der Waals surface area (Å²) in [4.78, 5) is 14.1. The zero-order valence-electron chi connectivity index (χ0n) is 15.0. The molecule has 0 saturated carbocycles. The average molecular weight is 382 g/mol. The zero-order chi connectivity index (χ0) is 19.5. The number of aromatic amines is 1. The Morgan fingerprint density at radius 1 is 1.18 bits per heavy atom. The number of carboxylic acid groups (broad SMARTS) is 1. The molecule has 0 saturated heterocycles. The van der Waals surface area contributed by atoms with Crippen LogP contribution >= 0.6 is 0 Å². The maximum Gasteiger partial charge on any atom is 0.371 e. The van der Waals surface area contributed by atoms with E-state index < -0.39 is 5.97 Å². The van der Waals surface area contributed by atoms with Gasteiger partial charge in [-0.1, -0.05) is 0 Å². The van der Waals surface area contributed by atoms with Crippen LogP contribution in [0.2, 0.25) is 0 Å². The van der Waals surface area contributed by atoms with Crippen LogP contribution in [0.5, 0.6) is 5.75 Å². The third-order valence-corrected chi connectivity index (χ3v) is 4.55. The number of hydrogen-bond donors (Lipinski definition) is 3. The molecule has 2 heterocycles. The molecule has 0 unspecified atom stereocenters. The Morgan fingerprint density at radius 3 is 2.93 bits per heavy atom. The number of ether oxygens (including phenoxy) is 1. The van der Waals surface area contributed by atoms with E-state index in [1.54, 1.807) is 30.3 Å². The number of halogens is 1. The molecule has 0 radical (unpaired) electrons. The zero-order valence-corrected chi connectivity index (χ0v) is 15.0. The van der Waals surface area contributed by atoms with Gasteiger partial charge in [-0.05, 0) is 61.0 Å². The van der Waals surface area contributed by atoms with E-state index in [0.29, 0.717) is 29.9 Å². The van der Waals surface area contributed by atoms with Gasteiger partial charge in [-0.15, -0.1) is 0 Å². The number of aromatic nitrogens is 1. The second-order valence-electron chi connectivity index (χ2n) is 6.47. The van der Waals surface area contributed by atoms with Crippen molar-refractivity contribution in [3.63, 3.8) is 0 Å². The predicted molar refractivity (Wildman–Crippen MR) is 103 cm³/mol. The Balaban J connectivity index is 1.25. The third kappa shape index (κ3) is 3.84. The first-order valence-corrected chi connectivity index (χ1v) is 8.96. The largest absolute Gasteiger partial charge is 0.492 e. The van der Waals surface area contributed by atoms with Crippen LogP contribution in [-0.4, -0.2) is 35.8 Å². The normalized spacial score (nSPS) is 11.3. The molecule has 3 N–H and O–H groups in total. The molecule has 0 atom stereocenters. The number of fused-ring (bicyclic) bond motifs is 2. The van der Waals surface area contributed by atoms with Crippen molar-refractivity contribution in [2.75, 3.05) is 19.7 Å². The summed E-state index contributed by atoms with van der Waals surface area (Å²) in [6.07, 6.45) is 2.69. The van der Waals surface area contributed by atoms with Crippen LogP contribution in [0.25, 0.3) is 21.9 Å². The molecule has 28 heavy (non-hydrogen) atoms. The number of carboxylic acids is 1. The van der Waals surface area contributed by atoms with E-state index in [-0.39, 0.29) is 11.6 Å². The molecule has 0 aliphatic carbocycles. The van der Waals surface area contributed by atoms with Crippen molar-refractivity contribution in [1.82, 2.24) is 10.3 Å². The van der Waals surface area contributed by atoms with E-state index in [0.717, 1.165) is 29.4 Å². The maximum absolute atomic E-state index is 13.4. The summed E-state index contributed by atoms with van der Waals surface area (Å²) in [5.41, 5.74) is 2.51. The summed E-state index contributed by atoms with van der Waals surface area (Å²) in [6, 6.07) is 11.4. The standard InChI is InChI=1S/C21H19FN2O4/c22-15-1-3-18-17(11-15)13(12-24-18)5-6-23-7-8-27-16-2-4-19-14(9-16)10-20(28-19)21(25)26/h1-4,9-12,23-24H,5-8H2,(H,25,26). The maximum atomic E-state index is 13.4. The molecule has 7 heteroatoms. The highest BCUT2D eigenvalue weighted by molar-refractivity contribution is 5.91. The molecule has 144 valence electrons. The molecule has 0 fully saturated rings. The van der Waals surface area contributed by atoms with Gasteiger partial charge in [0.1, 0.15) is 23.8 Å². The minimum absolute atomic E-state index is 0.0917. The molecule has 0 aliphatic rings.